The van der Waals surface area contributed by atoms with Crippen molar-refractivity contribution in [2.45, 2.75) is 20.3 Å². The quantitative estimate of drug-likeness (QED) is 0.327. The number of hydrogen-bond donors (Lipinski definition) is 0. The van der Waals surface area contributed by atoms with Gasteiger partial charge in [0.1, 0.15) is 5.75 Å². The van der Waals surface area contributed by atoms with Gasteiger partial charge in [0.25, 0.3) is 0 Å². The zero-order valence-electron chi connectivity index (χ0n) is 10.0. The number of aryl methyl sites for hydroxylation is 1. The molecule has 0 amide bonds. The van der Waals surface area contributed by atoms with Crippen LogP contribution in [0.3, 0.4) is 0 Å². The highest BCUT2D eigenvalue weighted by molar-refractivity contribution is 5.99. The molecule has 0 saturated heterocycles. The first-order valence-corrected chi connectivity index (χ1v) is 5.46. The Kier molecular flexibility index (Phi) is 5.04. The molecule has 0 N–H and O–H groups in total. The Labute approximate surface area is 100 Å². The van der Waals surface area contributed by atoms with Crippen LogP contribution in [0.2, 0.25) is 0 Å². The van der Waals surface area contributed by atoms with Crippen LogP contribution in [-0.2, 0) is 0 Å². The number of nitrogens with zero attached hydrogens (tertiary/aromatic N) is 3. The third-order valence-corrected chi connectivity index (χ3v) is 2.24. The van der Waals surface area contributed by atoms with Gasteiger partial charge in [-0.05, 0) is 31.5 Å². The second kappa shape index (κ2) is 6.55. The van der Waals surface area contributed by atoms with Crippen molar-refractivity contribution < 1.29 is 9.53 Å². The summed E-state index contributed by atoms with van der Waals surface area (Å²) < 4.78 is 5.40. The van der Waals surface area contributed by atoms with Gasteiger partial charge in [-0.1, -0.05) is 16.7 Å². The normalized spacial score (nSPS) is 9.53. The molecule has 0 atom stereocenters. The summed E-state index contributed by atoms with van der Waals surface area (Å²) in [6.07, 6.45) is 0.202. The minimum Gasteiger partial charge on any atom is -0.493 e. The van der Waals surface area contributed by atoms with E-state index in [1.165, 1.54) is 0 Å². The van der Waals surface area contributed by atoms with Crippen molar-refractivity contribution in [2.75, 3.05) is 13.2 Å². The van der Waals surface area contributed by atoms with Crippen LogP contribution in [0, 0.1) is 6.92 Å². The molecule has 0 radical (unpaired) electrons. The SMILES string of the molecule is CCOc1ccc(C)cc1C(=O)CCN=[N+]=[N-]. The molecule has 90 valence electrons. The minimum absolute atomic E-state index is 0.0652. The van der Waals surface area contributed by atoms with Crippen molar-refractivity contribution in [1.29, 1.82) is 0 Å². The molecule has 0 bridgehead atoms. The van der Waals surface area contributed by atoms with Gasteiger partial charge in [0.15, 0.2) is 5.78 Å². The predicted molar refractivity (Wildman–Crippen MR) is 65.3 cm³/mol. The maximum absolute atomic E-state index is 11.9. The molecular weight excluding hydrogens is 218 g/mol. The molecule has 0 saturated carbocycles. The Balaban J connectivity index is 2.89. The number of hydrogen-bond acceptors (Lipinski definition) is 3. The lowest BCUT2D eigenvalue weighted by Gasteiger charge is -2.09. The number of ketones is 1. The summed E-state index contributed by atoms with van der Waals surface area (Å²) >= 11 is 0. The fourth-order valence-electron chi connectivity index (χ4n) is 1.47. The predicted octanol–water partition coefficient (Wildman–Crippen LogP) is 3.28. The van der Waals surface area contributed by atoms with E-state index in [-0.39, 0.29) is 18.7 Å². The molecule has 17 heavy (non-hydrogen) atoms. The molecule has 1 rings (SSSR count). The zero-order chi connectivity index (χ0) is 12.7. The van der Waals surface area contributed by atoms with Crippen LogP contribution < -0.4 is 4.74 Å². The number of azide groups is 1. The molecule has 1 aromatic rings. The maximum atomic E-state index is 11.9. The first-order valence-electron chi connectivity index (χ1n) is 5.46. The van der Waals surface area contributed by atoms with Crippen LogP contribution in [-0.4, -0.2) is 18.9 Å². The van der Waals surface area contributed by atoms with Crippen LogP contribution in [0.15, 0.2) is 23.3 Å². The molecule has 0 aliphatic carbocycles. The number of ether oxygens (including phenoxy) is 1. The fraction of sp³-hybridized carbons (Fsp3) is 0.417. The molecule has 0 aromatic heterocycles. The van der Waals surface area contributed by atoms with E-state index in [0.29, 0.717) is 17.9 Å². The van der Waals surface area contributed by atoms with E-state index in [1.807, 2.05) is 19.9 Å². The summed E-state index contributed by atoms with van der Waals surface area (Å²) in [4.78, 5) is 14.5. The third-order valence-electron chi connectivity index (χ3n) is 2.24. The van der Waals surface area contributed by atoms with Crippen molar-refractivity contribution >= 4 is 5.78 Å². The van der Waals surface area contributed by atoms with E-state index in [4.69, 9.17) is 10.3 Å². The molecule has 0 aliphatic rings. The van der Waals surface area contributed by atoms with Crippen molar-refractivity contribution in [3.8, 4) is 5.75 Å². The molecule has 1 aromatic carbocycles. The van der Waals surface area contributed by atoms with E-state index >= 15 is 0 Å². The summed E-state index contributed by atoms with van der Waals surface area (Å²) in [6, 6.07) is 5.48. The third kappa shape index (κ3) is 3.81. The molecule has 5 nitrogen and oxygen atoms in total. The molecule has 0 unspecified atom stereocenters. The highest BCUT2D eigenvalue weighted by atomic mass is 16.5. The van der Waals surface area contributed by atoms with Crippen molar-refractivity contribution in [3.63, 3.8) is 0 Å². The smallest absolute Gasteiger partial charge is 0.166 e. The van der Waals surface area contributed by atoms with Crippen LogP contribution in [0.1, 0.15) is 29.3 Å². The van der Waals surface area contributed by atoms with E-state index in [2.05, 4.69) is 10.0 Å². The minimum atomic E-state index is -0.0652. The van der Waals surface area contributed by atoms with Gasteiger partial charge in [-0.15, -0.1) is 0 Å². The van der Waals surface area contributed by atoms with Gasteiger partial charge in [0, 0.05) is 17.9 Å². The number of carbonyl (C=O) groups excluding carboxylic acids is 1. The van der Waals surface area contributed by atoms with E-state index in [0.717, 1.165) is 5.56 Å². The zero-order valence-corrected chi connectivity index (χ0v) is 10.0. The molecule has 0 heterocycles. The maximum Gasteiger partial charge on any atom is 0.166 e. The summed E-state index contributed by atoms with van der Waals surface area (Å²) in [5, 5.41) is 3.35. The number of carbonyl (C=O) groups is 1. The van der Waals surface area contributed by atoms with Crippen LogP contribution in [0.25, 0.3) is 10.4 Å². The van der Waals surface area contributed by atoms with Crippen LogP contribution >= 0.6 is 0 Å². The summed E-state index contributed by atoms with van der Waals surface area (Å²) in [5.41, 5.74) is 9.71. The van der Waals surface area contributed by atoms with Gasteiger partial charge in [-0.3, -0.25) is 4.79 Å². The largest absolute Gasteiger partial charge is 0.493 e. The van der Waals surface area contributed by atoms with E-state index in [1.54, 1.807) is 12.1 Å². The second-order valence-electron chi connectivity index (χ2n) is 3.56. The van der Waals surface area contributed by atoms with Gasteiger partial charge < -0.3 is 4.74 Å². The molecular formula is C12H15N3O2. The first kappa shape index (κ1) is 13.1. The van der Waals surface area contributed by atoms with Crippen LogP contribution in [0.4, 0.5) is 0 Å². The van der Waals surface area contributed by atoms with Gasteiger partial charge in [-0.25, -0.2) is 0 Å². The summed E-state index contributed by atoms with van der Waals surface area (Å²) in [6.45, 7) is 4.47. The lowest BCUT2D eigenvalue weighted by molar-refractivity contribution is 0.0981. The standard InChI is InChI=1S/C12H15N3O2/c1-3-17-12-5-4-9(2)8-10(12)11(16)6-7-14-15-13/h4-5,8H,3,6-7H2,1-2H3. The Morgan fingerprint density at radius 1 is 1.53 bits per heavy atom. The van der Waals surface area contributed by atoms with Gasteiger partial charge in [0.05, 0.1) is 12.2 Å². The second-order valence-corrected chi connectivity index (χ2v) is 3.56. The van der Waals surface area contributed by atoms with Crippen molar-refractivity contribution in [3.05, 3.63) is 39.8 Å². The van der Waals surface area contributed by atoms with Gasteiger partial charge >= 0.3 is 0 Å². The lowest BCUT2D eigenvalue weighted by atomic mass is 10.0. The molecule has 0 spiro atoms. The number of rotatable bonds is 6. The Hall–Kier alpha value is -2.00. The number of Topliss-reactive ketones (excluding diaryl/α,β-unsaturated/α-hetero) is 1. The lowest BCUT2D eigenvalue weighted by Crippen LogP contribution is -2.05. The highest BCUT2D eigenvalue weighted by Crippen LogP contribution is 2.21. The van der Waals surface area contributed by atoms with Crippen LogP contribution in [0.5, 0.6) is 5.75 Å². The molecule has 5 heteroatoms. The molecule has 0 fully saturated rings. The van der Waals surface area contributed by atoms with Crippen molar-refractivity contribution in [2.24, 2.45) is 5.11 Å². The topological polar surface area (TPSA) is 75.1 Å². The summed E-state index contributed by atoms with van der Waals surface area (Å²) in [7, 11) is 0. The average Bonchev–Trinajstić information content (AvgIpc) is 2.32. The summed E-state index contributed by atoms with van der Waals surface area (Å²) in [5.74, 6) is 0.522. The fourth-order valence-corrected chi connectivity index (χ4v) is 1.47. The Morgan fingerprint density at radius 3 is 2.94 bits per heavy atom. The van der Waals surface area contributed by atoms with E-state index in [9.17, 15) is 4.79 Å². The monoisotopic (exact) mass is 233 g/mol. The van der Waals surface area contributed by atoms with Gasteiger partial charge in [0.2, 0.25) is 0 Å². The first-order chi connectivity index (χ1) is 8.19. The number of benzene rings is 1. The Bertz CT molecular complexity index is 451. The molecule has 0 aliphatic heterocycles. The van der Waals surface area contributed by atoms with E-state index < -0.39 is 0 Å². The average molecular weight is 233 g/mol. The Morgan fingerprint density at radius 2 is 2.29 bits per heavy atom. The van der Waals surface area contributed by atoms with Gasteiger partial charge in [-0.2, -0.15) is 0 Å². The highest BCUT2D eigenvalue weighted by Gasteiger charge is 2.12. The van der Waals surface area contributed by atoms with Crippen molar-refractivity contribution in [1.82, 2.24) is 0 Å².